The molecule has 134 valence electrons. The second-order valence-electron chi connectivity index (χ2n) is 8.27. The lowest BCUT2D eigenvalue weighted by molar-refractivity contribution is 0.139. The van der Waals surface area contributed by atoms with Crippen molar-refractivity contribution in [3.05, 3.63) is 23.4 Å². The Labute approximate surface area is 145 Å². The van der Waals surface area contributed by atoms with Gasteiger partial charge in [0, 0.05) is 0 Å². The smallest absolute Gasteiger partial charge is 0.272 e. The van der Waals surface area contributed by atoms with Gasteiger partial charge in [0.2, 0.25) is 16.6 Å². The van der Waals surface area contributed by atoms with E-state index in [0.29, 0.717) is 5.95 Å². The zero-order valence-corrected chi connectivity index (χ0v) is 18.3. The van der Waals surface area contributed by atoms with Crippen LogP contribution in [0.25, 0.3) is 0 Å². The van der Waals surface area contributed by atoms with Crippen LogP contribution in [0.1, 0.15) is 44.9 Å². The summed E-state index contributed by atoms with van der Waals surface area (Å²) in [5.74, 6) is 1.70. The normalized spacial score (nSPS) is 22.7. The van der Waals surface area contributed by atoms with Gasteiger partial charge in [-0.25, -0.2) is 0 Å². The molecule has 0 N–H and O–H groups in total. The number of hydrogen-bond donors (Lipinski definition) is 0. The molecule has 0 saturated heterocycles. The van der Waals surface area contributed by atoms with Crippen LogP contribution < -0.4 is 0 Å². The highest BCUT2D eigenvalue weighted by Crippen LogP contribution is 2.30. The average molecular weight is 357 g/mol. The highest BCUT2D eigenvalue weighted by Gasteiger charge is 2.26. The molecule has 0 atom stereocenters. The summed E-state index contributed by atoms with van der Waals surface area (Å²) in [5.41, 5.74) is 1.14. The quantitative estimate of drug-likeness (QED) is 0.435. The third-order valence-electron chi connectivity index (χ3n) is 3.50. The number of rotatable bonds is 5. The Morgan fingerprint density at radius 1 is 0.870 bits per heavy atom. The fraction of sp³-hybridized carbons (Fsp3) is 0.778. The highest BCUT2D eigenvalue weighted by molar-refractivity contribution is 6.70. The Balaban J connectivity index is 3.21. The van der Waals surface area contributed by atoms with E-state index >= 15 is 0 Å². The summed E-state index contributed by atoms with van der Waals surface area (Å²) in [6.07, 6.45) is 10.6. The van der Waals surface area contributed by atoms with Gasteiger partial charge in [0.15, 0.2) is 0 Å². The molecule has 0 aliphatic heterocycles. The van der Waals surface area contributed by atoms with Gasteiger partial charge in [0.25, 0.3) is 5.95 Å². The Morgan fingerprint density at radius 2 is 1.48 bits per heavy atom. The monoisotopic (exact) mass is 356 g/mol. The van der Waals surface area contributed by atoms with Crippen LogP contribution in [-0.4, -0.2) is 23.7 Å². The summed E-state index contributed by atoms with van der Waals surface area (Å²) in [6, 6.07) is 0. The zero-order valence-electron chi connectivity index (χ0n) is 16.3. The van der Waals surface area contributed by atoms with Crippen molar-refractivity contribution in [3.63, 3.8) is 0 Å². The Morgan fingerprint density at radius 3 is 2.04 bits per heavy atom. The molecule has 0 unspecified atom stereocenters. The second kappa shape index (κ2) is 8.97. The molecule has 1 aliphatic rings. The molecular formula is C18H36O3Si2. The minimum Gasteiger partial charge on any atom is -0.544 e. The van der Waals surface area contributed by atoms with Crippen molar-refractivity contribution >= 4 is 16.6 Å². The van der Waals surface area contributed by atoms with Crippen LogP contribution in [0.2, 0.25) is 39.3 Å². The van der Waals surface area contributed by atoms with Gasteiger partial charge in [0.1, 0.15) is 5.76 Å². The van der Waals surface area contributed by atoms with Gasteiger partial charge < -0.3 is 13.6 Å². The van der Waals surface area contributed by atoms with Crippen LogP contribution in [0.5, 0.6) is 0 Å². The lowest BCUT2D eigenvalue weighted by Gasteiger charge is -2.28. The van der Waals surface area contributed by atoms with E-state index in [0.717, 1.165) is 24.2 Å². The molecule has 0 bridgehead atoms. The van der Waals surface area contributed by atoms with Crippen molar-refractivity contribution in [1.29, 1.82) is 0 Å². The summed E-state index contributed by atoms with van der Waals surface area (Å²) in [4.78, 5) is 0. The second-order valence-corrected chi connectivity index (χ2v) is 17.1. The molecule has 5 heteroatoms. The molecule has 0 radical (unpaired) electrons. The van der Waals surface area contributed by atoms with Crippen molar-refractivity contribution < 1.29 is 13.6 Å². The molecule has 0 heterocycles. The molecule has 1 rings (SSSR count). The predicted molar refractivity (Wildman–Crippen MR) is 103 cm³/mol. The Kier molecular flexibility index (Phi) is 7.94. The first kappa shape index (κ1) is 20.4. The van der Waals surface area contributed by atoms with E-state index in [1.165, 1.54) is 32.1 Å². The van der Waals surface area contributed by atoms with E-state index in [1.807, 2.05) is 0 Å². The van der Waals surface area contributed by atoms with Gasteiger partial charge in [-0.05, 0) is 71.0 Å². The van der Waals surface area contributed by atoms with Crippen molar-refractivity contribution in [1.82, 2.24) is 0 Å². The van der Waals surface area contributed by atoms with E-state index in [-0.39, 0.29) is 0 Å². The van der Waals surface area contributed by atoms with Gasteiger partial charge >= 0.3 is 0 Å². The molecule has 1 aliphatic carbocycles. The maximum absolute atomic E-state index is 6.42. The van der Waals surface area contributed by atoms with E-state index < -0.39 is 16.6 Å². The topological polar surface area (TPSA) is 27.7 Å². The first-order chi connectivity index (χ1) is 10.6. The molecule has 0 spiro atoms. The molecule has 23 heavy (non-hydrogen) atoms. The number of methoxy groups -OCH3 is 1. The summed E-state index contributed by atoms with van der Waals surface area (Å²) in [5, 5.41) is 0. The minimum absolute atomic E-state index is 0.689. The lowest BCUT2D eigenvalue weighted by atomic mass is 10.0. The molecule has 0 amide bonds. The maximum atomic E-state index is 6.42. The SMILES string of the molecule is CO/C(O[Si](C)(C)C)=C1CCCCCCC\C=C/1O[Si](C)(C)C. The molecular weight excluding hydrogens is 320 g/mol. The molecule has 0 aromatic heterocycles. The predicted octanol–water partition coefficient (Wildman–Crippen LogP) is 6.18. The van der Waals surface area contributed by atoms with Crippen molar-refractivity contribution in [2.24, 2.45) is 0 Å². The van der Waals surface area contributed by atoms with Crippen LogP contribution in [-0.2, 0) is 13.6 Å². The summed E-state index contributed by atoms with van der Waals surface area (Å²) in [7, 11) is -1.68. The number of ether oxygens (including phenoxy) is 1. The van der Waals surface area contributed by atoms with E-state index in [2.05, 4.69) is 45.4 Å². The van der Waals surface area contributed by atoms with Crippen molar-refractivity contribution in [3.8, 4) is 0 Å². The number of allylic oxidation sites excluding steroid dienone is 2. The van der Waals surface area contributed by atoms with Crippen LogP contribution in [0.4, 0.5) is 0 Å². The molecule has 0 saturated carbocycles. The molecule has 3 nitrogen and oxygen atoms in total. The third kappa shape index (κ3) is 8.65. The highest BCUT2D eigenvalue weighted by atomic mass is 28.4. The van der Waals surface area contributed by atoms with Crippen LogP contribution in [0.15, 0.2) is 23.4 Å². The summed E-state index contributed by atoms with van der Waals surface area (Å²) >= 11 is 0. The molecule has 0 fully saturated rings. The first-order valence-electron chi connectivity index (χ1n) is 8.98. The first-order valence-corrected chi connectivity index (χ1v) is 15.8. The molecule has 0 aromatic carbocycles. The largest absolute Gasteiger partial charge is 0.544 e. The van der Waals surface area contributed by atoms with Crippen LogP contribution in [0, 0.1) is 0 Å². The van der Waals surface area contributed by atoms with E-state index in [1.54, 1.807) is 7.11 Å². The average Bonchev–Trinajstić information content (AvgIpc) is 2.40. The van der Waals surface area contributed by atoms with Gasteiger partial charge in [-0.2, -0.15) is 0 Å². The van der Waals surface area contributed by atoms with Crippen molar-refractivity contribution in [2.45, 2.75) is 84.2 Å². The Hall–Kier alpha value is -0.686. The van der Waals surface area contributed by atoms with Crippen LogP contribution >= 0.6 is 0 Å². The summed E-state index contributed by atoms with van der Waals surface area (Å²) < 4.78 is 18.3. The maximum Gasteiger partial charge on any atom is 0.272 e. The van der Waals surface area contributed by atoms with Gasteiger partial charge in [-0.1, -0.05) is 19.3 Å². The zero-order chi connectivity index (χ0) is 17.5. The fourth-order valence-corrected chi connectivity index (χ4v) is 4.23. The standard InChI is InChI=1S/C18H36O3Si2/c1-19-18(21-23(5,6)7)16-14-12-10-8-9-11-13-15-17(16)20-22(2,3)4/h15H,8-14H2,1-7H3/b17-15+,18-16+. The van der Waals surface area contributed by atoms with Gasteiger partial charge in [-0.3, -0.25) is 0 Å². The fourth-order valence-electron chi connectivity index (χ4n) is 2.60. The number of hydrogen-bond acceptors (Lipinski definition) is 3. The van der Waals surface area contributed by atoms with Gasteiger partial charge in [0.05, 0.1) is 12.7 Å². The minimum atomic E-state index is -1.72. The van der Waals surface area contributed by atoms with E-state index in [9.17, 15) is 0 Å². The van der Waals surface area contributed by atoms with Crippen LogP contribution in [0.3, 0.4) is 0 Å². The van der Waals surface area contributed by atoms with E-state index in [4.69, 9.17) is 13.6 Å². The third-order valence-corrected chi connectivity index (χ3v) is 5.13. The molecule has 0 aromatic rings. The lowest BCUT2D eigenvalue weighted by Crippen LogP contribution is -2.28. The van der Waals surface area contributed by atoms with Crippen molar-refractivity contribution in [2.75, 3.05) is 7.11 Å². The Bertz CT molecular complexity index is 429. The summed E-state index contributed by atoms with van der Waals surface area (Å²) in [6.45, 7) is 13.3. The van der Waals surface area contributed by atoms with Gasteiger partial charge in [-0.15, -0.1) is 0 Å².